The summed E-state index contributed by atoms with van der Waals surface area (Å²) in [6.45, 7) is 6.34. The van der Waals surface area contributed by atoms with Gasteiger partial charge in [-0.05, 0) is 44.9 Å². The normalized spacial score (nSPS) is 13.8. The number of amides is 1. The van der Waals surface area contributed by atoms with Crippen LogP contribution in [0.4, 0.5) is 0 Å². The summed E-state index contributed by atoms with van der Waals surface area (Å²) in [7, 11) is 0. The van der Waals surface area contributed by atoms with Gasteiger partial charge in [0.2, 0.25) is 5.91 Å². The van der Waals surface area contributed by atoms with Gasteiger partial charge in [0.25, 0.3) is 0 Å². The monoisotopic (exact) mass is 840 g/mol. The molecule has 0 saturated heterocycles. The molecule has 0 aromatic rings. The predicted molar refractivity (Wildman–Crippen MR) is 259 cm³/mol. The van der Waals surface area contributed by atoms with Crippen LogP contribution in [-0.4, -0.2) is 46.9 Å². The average Bonchev–Trinajstić information content (AvgIpc) is 3.24. The Morgan fingerprint density at radius 2 is 0.867 bits per heavy atom. The molecule has 0 radical (unpaired) electrons. The molecule has 0 aliphatic rings. The zero-order valence-electron chi connectivity index (χ0n) is 39.6. The summed E-state index contributed by atoms with van der Waals surface area (Å²) >= 11 is 0. The van der Waals surface area contributed by atoms with Crippen LogP contribution in [0.2, 0.25) is 0 Å². The molecule has 0 aromatic carbocycles. The second-order valence-corrected chi connectivity index (χ2v) is 17.2. The molecule has 0 saturated carbocycles. The van der Waals surface area contributed by atoms with Crippen molar-refractivity contribution in [2.75, 3.05) is 6.61 Å². The van der Waals surface area contributed by atoms with Crippen LogP contribution in [0.15, 0.2) is 60.8 Å². The fraction of sp³-hybridized carbons (Fsp3) is 0.778. The van der Waals surface area contributed by atoms with Gasteiger partial charge >= 0.3 is 5.97 Å². The van der Waals surface area contributed by atoms with Crippen molar-refractivity contribution in [2.24, 2.45) is 0 Å². The van der Waals surface area contributed by atoms with E-state index in [1.54, 1.807) is 0 Å². The van der Waals surface area contributed by atoms with Crippen LogP contribution < -0.4 is 5.32 Å². The summed E-state index contributed by atoms with van der Waals surface area (Å²) in [5.74, 6) is -0.575. The van der Waals surface area contributed by atoms with Crippen molar-refractivity contribution in [1.82, 2.24) is 5.32 Å². The molecule has 0 heterocycles. The number of allylic oxidation sites excluding steroid dienone is 9. The maximum absolute atomic E-state index is 13.2. The Labute approximate surface area is 371 Å². The fourth-order valence-electron chi connectivity index (χ4n) is 7.51. The van der Waals surface area contributed by atoms with Gasteiger partial charge in [0.1, 0.15) is 6.10 Å². The molecule has 0 aliphatic carbocycles. The van der Waals surface area contributed by atoms with Crippen molar-refractivity contribution < 1.29 is 24.5 Å². The molecule has 0 fully saturated rings. The maximum Gasteiger partial charge on any atom is 0.306 e. The highest BCUT2D eigenvalue weighted by molar-refractivity contribution is 5.77. The van der Waals surface area contributed by atoms with Gasteiger partial charge in [0.15, 0.2) is 0 Å². The number of nitrogens with one attached hydrogen (secondary N) is 1. The maximum atomic E-state index is 13.2. The van der Waals surface area contributed by atoms with E-state index in [1.807, 2.05) is 12.2 Å². The van der Waals surface area contributed by atoms with Crippen molar-refractivity contribution in [2.45, 2.75) is 264 Å². The van der Waals surface area contributed by atoms with Gasteiger partial charge in [-0.15, -0.1) is 0 Å². The van der Waals surface area contributed by atoms with Crippen molar-refractivity contribution in [3.8, 4) is 0 Å². The fourth-order valence-corrected chi connectivity index (χ4v) is 7.51. The number of aliphatic hydroxyl groups is 2. The summed E-state index contributed by atoms with van der Waals surface area (Å²) in [6, 6.07) is -0.731. The largest absolute Gasteiger partial charge is 0.461 e. The lowest BCUT2D eigenvalue weighted by atomic mass is 10.0. The van der Waals surface area contributed by atoms with Crippen molar-refractivity contribution in [3.63, 3.8) is 0 Å². The molecule has 6 nitrogen and oxygen atoms in total. The van der Waals surface area contributed by atoms with E-state index in [9.17, 15) is 19.8 Å². The lowest BCUT2D eigenvalue weighted by molar-refractivity contribution is -0.150. The number of hydrogen-bond acceptors (Lipinski definition) is 5. The van der Waals surface area contributed by atoms with Crippen LogP contribution in [0.3, 0.4) is 0 Å². The predicted octanol–water partition coefficient (Wildman–Crippen LogP) is 15.2. The van der Waals surface area contributed by atoms with Gasteiger partial charge in [-0.3, -0.25) is 9.59 Å². The van der Waals surface area contributed by atoms with E-state index in [-0.39, 0.29) is 24.9 Å². The van der Waals surface area contributed by atoms with E-state index in [2.05, 4.69) is 74.7 Å². The summed E-state index contributed by atoms with van der Waals surface area (Å²) in [4.78, 5) is 26.1. The van der Waals surface area contributed by atoms with Gasteiger partial charge in [-0.1, -0.05) is 242 Å². The minimum atomic E-state index is -0.811. The first-order valence-electron chi connectivity index (χ1n) is 25.5. The smallest absolute Gasteiger partial charge is 0.306 e. The number of rotatable bonds is 45. The van der Waals surface area contributed by atoms with Crippen LogP contribution in [0.1, 0.15) is 245 Å². The number of unbranched alkanes of at least 4 members (excludes halogenated alkanes) is 24. The number of hydrogen-bond donors (Lipinski definition) is 3. The topological polar surface area (TPSA) is 95.9 Å². The molecule has 0 bridgehead atoms. The molecule has 60 heavy (non-hydrogen) atoms. The molecule has 348 valence electrons. The molecule has 0 aromatic heterocycles. The van der Waals surface area contributed by atoms with Crippen LogP contribution in [0, 0.1) is 0 Å². The molecular formula is C54H97NO5. The molecule has 3 unspecified atom stereocenters. The van der Waals surface area contributed by atoms with Gasteiger partial charge in [0, 0.05) is 12.8 Å². The summed E-state index contributed by atoms with van der Waals surface area (Å²) < 4.78 is 5.87. The Morgan fingerprint density at radius 3 is 1.27 bits per heavy atom. The first kappa shape index (κ1) is 57.6. The second-order valence-electron chi connectivity index (χ2n) is 17.2. The van der Waals surface area contributed by atoms with Gasteiger partial charge in [-0.25, -0.2) is 0 Å². The van der Waals surface area contributed by atoms with Crippen molar-refractivity contribution in [3.05, 3.63) is 60.8 Å². The second kappa shape index (κ2) is 47.6. The Hall–Kier alpha value is -2.44. The van der Waals surface area contributed by atoms with Gasteiger partial charge in [-0.2, -0.15) is 0 Å². The first-order chi connectivity index (χ1) is 29.5. The van der Waals surface area contributed by atoms with E-state index < -0.39 is 18.2 Å². The van der Waals surface area contributed by atoms with Crippen LogP contribution >= 0.6 is 0 Å². The molecule has 3 N–H and O–H groups in total. The summed E-state index contributed by atoms with van der Waals surface area (Å²) in [5.41, 5.74) is 0. The van der Waals surface area contributed by atoms with E-state index in [4.69, 9.17) is 4.74 Å². The third-order valence-corrected chi connectivity index (χ3v) is 11.4. The van der Waals surface area contributed by atoms with E-state index >= 15 is 0 Å². The Bertz CT molecular complexity index is 1080. The number of carbonyl (C=O) groups excluding carboxylic acids is 2. The highest BCUT2D eigenvalue weighted by atomic mass is 16.5. The molecule has 3 atom stereocenters. The Balaban J connectivity index is 4.72. The molecule has 1 amide bonds. The summed E-state index contributed by atoms with van der Waals surface area (Å²) in [6.07, 6.45) is 58.7. The SMILES string of the molecule is CC/C=C\C/C=C\C/C=C\C/C=C\C/C=C\CC(CC(=O)NC(CO)C(O)CCCCCCCCCCCCCC)OC(=O)CCCCCCCCCCCCCCCC. The number of ether oxygens (including phenoxy) is 1. The quantitative estimate of drug-likeness (QED) is 0.0322. The van der Waals surface area contributed by atoms with Gasteiger partial charge < -0.3 is 20.3 Å². The minimum Gasteiger partial charge on any atom is -0.461 e. The Kier molecular flexibility index (Phi) is 45.7. The third kappa shape index (κ3) is 42.3. The molecular weight excluding hydrogens is 743 g/mol. The summed E-state index contributed by atoms with van der Waals surface area (Å²) in [5, 5.41) is 23.7. The molecule has 0 spiro atoms. The standard InChI is InChI=1S/C54H97NO5/c1-4-7-10-13-16-19-22-25-27-28-30-33-36-39-42-45-50(60-54(59)47-44-41-38-35-32-29-26-23-20-17-14-11-8-5-2)48-53(58)55-51(49-56)52(57)46-43-40-37-34-31-24-21-18-15-12-9-6-3/h7,10,16,19,25,27,30,33,39,42,50-52,56-57H,4-6,8-9,11-15,17-18,20-24,26,28-29,31-32,34-38,40-41,43-49H2,1-3H3,(H,55,58)/b10-7-,19-16-,27-25-,33-30-,42-39-. The van der Waals surface area contributed by atoms with E-state index in [1.165, 1.54) is 128 Å². The van der Waals surface area contributed by atoms with E-state index in [0.29, 0.717) is 19.3 Å². The highest BCUT2D eigenvalue weighted by Gasteiger charge is 2.23. The molecule has 6 heteroatoms. The van der Waals surface area contributed by atoms with E-state index in [0.717, 1.165) is 70.6 Å². The van der Waals surface area contributed by atoms with Gasteiger partial charge in [0.05, 0.1) is 25.2 Å². The lowest BCUT2D eigenvalue weighted by Crippen LogP contribution is -2.46. The van der Waals surface area contributed by atoms with Crippen molar-refractivity contribution >= 4 is 11.9 Å². The zero-order valence-corrected chi connectivity index (χ0v) is 39.6. The number of esters is 1. The molecule has 0 aliphatic heterocycles. The van der Waals surface area contributed by atoms with Crippen LogP contribution in [-0.2, 0) is 14.3 Å². The highest BCUT2D eigenvalue weighted by Crippen LogP contribution is 2.17. The zero-order chi connectivity index (χ0) is 43.8. The van der Waals surface area contributed by atoms with Crippen molar-refractivity contribution in [1.29, 1.82) is 0 Å². The lowest BCUT2D eigenvalue weighted by Gasteiger charge is -2.24. The first-order valence-corrected chi connectivity index (χ1v) is 25.5. The molecule has 0 rings (SSSR count). The van der Waals surface area contributed by atoms with Crippen LogP contribution in [0.25, 0.3) is 0 Å². The minimum absolute atomic E-state index is 0.000610. The third-order valence-electron chi connectivity index (χ3n) is 11.4. The number of carbonyl (C=O) groups is 2. The Morgan fingerprint density at radius 1 is 0.500 bits per heavy atom. The number of aliphatic hydroxyl groups excluding tert-OH is 2. The van der Waals surface area contributed by atoms with Crippen LogP contribution in [0.5, 0.6) is 0 Å². The average molecular weight is 840 g/mol.